The van der Waals surface area contributed by atoms with Gasteiger partial charge in [-0.3, -0.25) is 4.98 Å². The molecular formula is C17H15ClFN5. The SMILES string of the molecule is Fc1c(Cl)cccc1Nc1ncnc2cnc([C@H]3CCNC3)cc12. The lowest BCUT2D eigenvalue weighted by Crippen LogP contribution is -2.09. The number of halogens is 2. The molecule has 0 unspecified atom stereocenters. The fourth-order valence-corrected chi connectivity index (χ4v) is 3.11. The Morgan fingerprint density at radius 1 is 1.25 bits per heavy atom. The molecule has 1 fully saturated rings. The lowest BCUT2D eigenvalue weighted by atomic mass is 10.0. The summed E-state index contributed by atoms with van der Waals surface area (Å²) in [4.78, 5) is 13.0. The van der Waals surface area contributed by atoms with Crippen LogP contribution < -0.4 is 10.6 Å². The minimum absolute atomic E-state index is 0.0674. The first-order valence-electron chi connectivity index (χ1n) is 7.75. The van der Waals surface area contributed by atoms with E-state index >= 15 is 0 Å². The molecule has 4 rings (SSSR count). The number of nitrogens with one attached hydrogen (secondary N) is 2. The van der Waals surface area contributed by atoms with E-state index < -0.39 is 5.82 Å². The van der Waals surface area contributed by atoms with Crippen LogP contribution >= 0.6 is 11.6 Å². The van der Waals surface area contributed by atoms with Gasteiger partial charge in [0.15, 0.2) is 5.82 Å². The summed E-state index contributed by atoms with van der Waals surface area (Å²) in [6, 6.07) is 6.81. The van der Waals surface area contributed by atoms with E-state index in [2.05, 4.69) is 25.6 Å². The quantitative estimate of drug-likeness (QED) is 0.760. The highest BCUT2D eigenvalue weighted by Gasteiger charge is 2.19. The first-order chi connectivity index (χ1) is 11.7. The van der Waals surface area contributed by atoms with Crippen molar-refractivity contribution < 1.29 is 4.39 Å². The zero-order chi connectivity index (χ0) is 16.5. The lowest BCUT2D eigenvalue weighted by Gasteiger charge is -2.12. The average molecular weight is 344 g/mol. The minimum atomic E-state index is -0.500. The van der Waals surface area contributed by atoms with Gasteiger partial charge >= 0.3 is 0 Å². The van der Waals surface area contributed by atoms with E-state index in [1.165, 1.54) is 12.4 Å². The average Bonchev–Trinajstić information content (AvgIpc) is 3.13. The second-order valence-electron chi connectivity index (χ2n) is 5.76. The van der Waals surface area contributed by atoms with Crippen LogP contribution in [-0.2, 0) is 0 Å². The van der Waals surface area contributed by atoms with Crippen LogP contribution in [0.3, 0.4) is 0 Å². The Morgan fingerprint density at radius 3 is 3.00 bits per heavy atom. The molecule has 1 saturated heterocycles. The molecule has 0 aliphatic carbocycles. The van der Waals surface area contributed by atoms with Crippen LogP contribution in [0.15, 0.2) is 36.8 Å². The molecule has 24 heavy (non-hydrogen) atoms. The summed E-state index contributed by atoms with van der Waals surface area (Å²) in [6.45, 7) is 1.91. The Labute approximate surface area is 143 Å². The number of hydrogen-bond donors (Lipinski definition) is 2. The number of pyridine rings is 1. The molecule has 3 aromatic rings. The van der Waals surface area contributed by atoms with Crippen LogP contribution in [0.25, 0.3) is 10.9 Å². The number of rotatable bonds is 3. The van der Waals surface area contributed by atoms with Crippen LogP contribution in [0.1, 0.15) is 18.0 Å². The molecule has 2 N–H and O–H groups in total. The molecule has 0 bridgehead atoms. The molecular weight excluding hydrogens is 329 g/mol. The Hall–Kier alpha value is -2.31. The molecule has 7 heteroatoms. The van der Waals surface area contributed by atoms with Crippen molar-refractivity contribution in [3.05, 3.63) is 53.3 Å². The summed E-state index contributed by atoms with van der Waals surface area (Å²) in [6.07, 6.45) is 4.23. The smallest absolute Gasteiger partial charge is 0.165 e. The van der Waals surface area contributed by atoms with Crippen molar-refractivity contribution in [2.45, 2.75) is 12.3 Å². The molecule has 0 amide bonds. The lowest BCUT2D eigenvalue weighted by molar-refractivity contribution is 0.632. The van der Waals surface area contributed by atoms with Crippen molar-refractivity contribution in [1.82, 2.24) is 20.3 Å². The Morgan fingerprint density at radius 2 is 2.17 bits per heavy atom. The summed E-state index contributed by atoms with van der Waals surface area (Å²) in [5, 5.41) is 7.24. The number of anilines is 2. The monoisotopic (exact) mass is 343 g/mol. The van der Waals surface area contributed by atoms with Crippen LogP contribution in [-0.4, -0.2) is 28.0 Å². The van der Waals surface area contributed by atoms with Crippen molar-refractivity contribution in [3.8, 4) is 0 Å². The van der Waals surface area contributed by atoms with Crippen LogP contribution in [0.2, 0.25) is 5.02 Å². The van der Waals surface area contributed by atoms with Crippen LogP contribution in [0, 0.1) is 5.82 Å². The highest BCUT2D eigenvalue weighted by atomic mass is 35.5. The molecule has 1 atom stereocenters. The number of hydrogen-bond acceptors (Lipinski definition) is 5. The highest BCUT2D eigenvalue weighted by Crippen LogP contribution is 2.29. The zero-order valence-electron chi connectivity index (χ0n) is 12.8. The van der Waals surface area contributed by atoms with E-state index in [-0.39, 0.29) is 10.7 Å². The van der Waals surface area contributed by atoms with Crippen LogP contribution in [0.5, 0.6) is 0 Å². The van der Waals surface area contributed by atoms with E-state index in [0.29, 0.717) is 17.3 Å². The van der Waals surface area contributed by atoms with E-state index in [9.17, 15) is 4.39 Å². The molecule has 1 aliphatic rings. The van der Waals surface area contributed by atoms with Gasteiger partial charge in [-0.15, -0.1) is 0 Å². The van der Waals surface area contributed by atoms with E-state index in [0.717, 1.165) is 30.6 Å². The molecule has 3 heterocycles. The molecule has 2 aromatic heterocycles. The number of fused-ring (bicyclic) bond motifs is 1. The molecule has 5 nitrogen and oxygen atoms in total. The Kier molecular flexibility index (Phi) is 4.00. The highest BCUT2D eigenvalue weighted by molar-refractivity contribution is 6.31. The summed E-state index contributed by atoms with van der Waals surface area (Å²) in [5.74, 6) is 0.418. The number of aromatic nitrogens is 3. The third kappa shape index (κ3) is 2.79. The van der Waals surface area contributed by atoms with Gasteiger partial charge in [-0.25, -0.2) is 14.4 Å². The van der Waals surface area contributed by atoms with Crippen molar-refractivity contribution in [2.24, 2.45) is 0 Å². The zero-order valence-corrected chi connectivity index (χ0v) is 13.5. The Balaban J connectivity index is 1.76. The normalized spacial score (nSPS) is 17.3. The van der Waals surface area contributed by atoms with Gasteiger partial charge in [0.25, 0.3) is 0 Å². The van der Waals surface area contributed by atoms with Gasteiger partial charge in [-0.2, -0.15) is 0 Å². The summed E-state index contributed by atoms with van der Waals surface area (Å²) >= 11 is 5.84. The van der Waals surface area contributed by atoms with Crippen LogP contribution in [0.4, 0.5) is 15.9 Å². The van der Waals surface area contributed by atoms with Crippen molar-refractivity contribution >= 4 is 34.0 Å². The van der Waals surface area contributed by atoms with Gasteiger partial charge in [0, 0.05) is 23.5 Å². The topological polar surface area (TPSA) is 62.7 Å². The second kappa shape index (κ2) is 6.30. The van der Waals surface area contributed by atoms with Crippen molar-refractivity contribution in [3.63, 3.8) is 0 Å². The van der Waals surface area contributed by atoms with E-state index in [4.69, 9.17) is 11.6 Å². The molecule has 0 saturated carbocycles. The minimum Gasteiger partial charge on any atom is -0.337 e. The maximum atomic E-state index is 14.2. The van der Waals surface area contributed by atoms with Gasteiger partial charge in [0.05, 0.1) is 22.4 Å². The maximum Gasteiger partial charge on any atom is 0.165 e. The van der Waals surface area contributed by atoms with Gasteiger partial charge in [-0.1, -0.05) is 17.7 Å². The van der Waals surface area contributed by atoms with E-state index in [1.807, 2.05) is 6.07 Å². The first-order valence-corrected chi connectivity index (χ1v) is 8.12. The largest absolute Gasteiger partial charge is 0.337 e. The predicted octanol–water partition coefficient (Wildman–Crippen LogP) is 3.64. The number of benzene rings is 1. The second-order valence-corrected chi connectivity index (χ2v) is 6.17. The standard InChI is InChI=1S/C17H15ClFN5/c18-12-2-1-3-13(16(12)19)24-17-11-6-14(10-4-5-20-7-10)21-8-15(11)22-9-23-17/h1-3,6,8-10,20H,4-5,7H2,(H,22,23,24)/t10-/m0/s1. The molecule has 1 aromatic carbocycles. The van der Waals surface area contributed by atoms with Gasteiger partial charge in [0.1, 0.15) is 12.1 Å². The third-order valence-corrected chi connectivity index (χ3v) is 4.52. The Bertz CT molecular complexity index is 895. The summed E-state index contributed by atoms with van der Waals surface area (Å²) < 4.78 is 14.2. The fraction of sp³-hybridized carbons (Fsp3) is 0.235. The summed E-state index contributed by atoms with van der Waals surface area (Å²) in [5.41, 5.74) is 1.99. The fourth-order valence-electron chi connectivity index (χ4n) is 2.93. The molecule has 122 valence electrons. The van der Waals surface area contributed by atoms with Crippen molar-refractivity contribution in [2.75, 3.05) is 18.4 Å². The molecule has 1 aliphatic heterocycles. The number of nitrogens with zero attached hydrogens (tertiary/aromatic N) is 3. The van der Waals surface area contributed by atoms with Gasteiger partial charge < -0.3 is 10.6 Å². The third-order valence-electron chi connectivity index (χ3n) is 4.23. The maximum absolute atomic E-state index is 14.2. The predicted molar refractivity (Wildman–Crippen MR) is 92.3 cm³/mol. The van der Waals surface area contributed by atoms with E-state index in [1.54, 1.807) is 18.3 Å². The first kappa shape index (κ1) is 15.2. The molecule has 0 radical (unpaired) electrons. The molecule has 0 spiro atoms. The van der Waals surface area contributed by atoms with Crippen molar-refractivity contribution in [1.29, 1.82) is 0 Å². The summed E-state index contributed by atoms with van der Waals surface area (Å²) in [7, 11) is 0. The van der Waals surface area contributed by atoms with Gasteiger partial charge in [-0.05, 0) is 31.2 Å². The van der Waals surface area contributed by atoms with Gasteiger partial charge in [0.2, 0.25) is 0 Å².